The van der Waals surface area contributed by atoms with E-state index in [2.05, 4.69) is 18.3 Å². The Morgan fingerprint density at radius 3 is 2.85 bits per heavy atom. The second-order valence-corrected chi connectivity index (χ2v) is 5.38. The van der Waals surface area contributed by atoms with Crippen molar-refractivity contribution >= 4 is 5.91 Å². The van der Waals surface area contributed by atoms with E-state index < -0.39 is 0 Å². The molecule has 20 heavy (non-hydrogen) atoms. The van der Waals surface area contributed by atoms with Gasteiger partial charge in [0.05, 0.1) is 7.11 Å². The summed E-state index contributed by atoms with van der Waals surface area (Å²) in [5.74, 6) is 1.17. The van der Waals surface area contributed by atoms with Crippen LogP contribution in [0.25, 0.3) is 0 Å². The third-order valence-corrected chi connectivity index (χ3v) is 3.99. The van der Waals surface area contributed by atoms with Crippen molar-refractivity contribution in [3.05, 3.63) is 29.8 Å². The zero-order valence-electron chi connectivity index (χ0n) is 12.6. The molecule has 1 aliphatic heterocycles. The molecular formula is C16H24N2O2. The highest BCUT2D eigenvalue weighted by molar-refractivity contribution is 5.76. The molecule has 0 aromatic heterocycles. The van der Waals surface area contributed by atoms with Gasteiger partial charge in [-0.3, -0.25) is 4.79 Å². The molecule has 0 bridgehead atoms. The van der Waals surface area contributed by atoms with Crippen LogP contribution in [0.2, 0.25) is 0 Å². The van der Waals surface area contributed by atoms with Crippen molar-refractivity contribution in [3.63, 3.8) is 0 Å². The molecule has 0 aliphatic carbocycles. The number of likely N-dealkylation sites (N-methyl/N-ethyl adjacent to an activating group) is 1. The van der Waals surface area contributed by atoms with E-state index in [1.807, 2.05) is 30.1 Å². The summed E-state index contributed by atoms with van der Waals surface area (Å²) < 4.78 is 5.45. The fourth-order valence-electron chi connectivity index (χ4n) is 2.81. The standard InChI is InChI=1S/C16H24N2O2/c1-4-14(13-7-5-6-8-15(13)20-3)17-12-9-10-16(19)18(2)11-12/h5-8,12,14,17H,4,9-11H2,1-3H3. The number of nitrogens with zero attached hydrogens (tertiary/aromatic N) is 1. The summed E-state index contributed by atoms with van der Waals surface area (Å²) in [5, 5.41) is 3.67. The molecule has 1 heterocycles. The highest BCUT2D eigenvalue weighted by Gasteiger charge is 2.25. The van der Waals surface area contributed by atoms with E-state index in [-0.39, 0.29) is 11.9 Å². The van der Waals surface area contributed by atoms with Crippen LogP contribution in [0.4, 0.5) is 0 Å². The Labute approximate surface area is 121 Å². The van der Waals surface area contributed by atoms with Crippen LogP contribution < -0.4 is 10.1 Å². The maximum atomic E-state index is 11.5. The molecule has 1 saturated heterocycles. The zero-order chi connectivity index (χ0) is 14.5. The van der Waals surface area contributed by atoms with Gasteiger partial charge in [-0.05, 0) is 18.9 Å². The van der Waals surface area contributed by atoms with Crippen LogP contribution in [0.1, 0.15) is 37.8 Å². The minimum absolute atomic E-state index is 0.244. The van der Waals surface area contributed by atoms with Gasteiger partial charge in [0.15, 0.2) is 0 Å². The Kier molecular flexibility index (Phi) is 5.01. The van der Waals surface area contributed by atoms with Crippen molar-refractivity contribution in [2.45, 2.75) is 38.3 Å². The molecule has 0 radical (unpaired) electrons. The van der Waals surface area contributed by atoms with E-state index in [0.29, 0.717) is 12.5 Å². The van der Waals surface area contributed by atoms with Crippen molar-refractivity contribution in [1.29, 1.82) is 0 Å². The Balaban J connectivity index is 2.07. The SMILES string of the molecule is CCC(NC1CCC(=O)N(C)C1)c1ccccc1OC. The lowest BCUT2D eigenvalue weighted by Gasteiger charge is -2.33. The maximum Gasteiger partial charge on any atom is 0.222 e. The van der Waals surface area contributed by atoms with Gasteiger partial charge in [-0.1, -0.05) is 25.1 Å². The summed E-state index contributed by atoms with van der Waals surface area (Å²) in [4.78, 5) is 13.4. The predicted molar refractivity (Wildman–Crippen MR) is 79.8 cm³/mol. The number of hydrogen-bond acceptors (Lipinski definition) is 3. The molecule has 1 N–H and O–H groups in total. The van der Waals surface area contributed by atoms with Gasteiger partial charge in [-0.15, -0.1) is 0 Å². The Morgan fingerprint density at radius 1 is 1.45 bits per heavy atom. The van der Waals surface area contributed by atoms with Crippen molar-refractivity contribution in [1.82, 2.24) is 10.2 Å². The van der Waals surface area contributed by atoms with Gasteiger partial charge in [0.1, 0.15) is 5.75 Å². The number of rotatable bonds is 5. The normalized spacial score (nSPS) is 20.9. The molecule has 1 amide bonds. The molecule has 2 atom stereocenters. The lowest BCUT2D eigenvalue weighted by atomic mass is 9.99. The van der Waals surface area contributed by atoms with E-state index in [1.165, 1.54) is 5.56 Å². The number of hydrogen-bond donors (Lipinski definition) is 1. The average Bonchev–Trinajstić information content (AvgIpc) is 2.48. The monoisotopic (exact) mass is 276 g/mol. The highest BCUT2D eigenvalue weighted by atomic mass is 16.5. The van der Waals surface area contributed by atoms with Gasteiger partial charge in [-0.2, -0.15) is 0 Å². The molecule has 1 fully saturated rings. The summed E-state index contributed by atoms with van der Waals surface area (Å²) in [5.41, 5.74) is 1.19. The van der Waals surface area contributed by atoms with E-state index >= 15 is 0 Å². The predicted octanol–water partition coefficient (Wildman–Crippen LogP) is 2.36. The molecule has 2 rings (SSSR count). The van der Waals surface area contributed by atoms with Crippen LogP contribution in [0, 0.1) is 0 Å². The van der Waals surface area contributed by atoms with Crippen LogP contribution >= 0.6 is 0 Å². The second kappa shape index (κ2) is 6.75. The number of carbonyl (C=O) groups excluding carboxylic acids is 1. The summed E-state index contributed by atoms with van der Waals surface area (Å²) in [6, 6.07) is 8.75. The molecule has 0 spiro atoms. The Morgan fingerprint density at radius 2 is 2.20 bits per heavy atom. The molecule has 110 valence electrons. The molecule has 4 nitrogen and oxygen atoms in total. The minimum Gasteiger partial charge on any atom is -0.496 e. The number of amides is 1. The van der Waals surface area contributed by atoms with Crippen LogP contribution in [0.15, 0.2) is 24.3 Å². The van der Waals surface area contributed by atoms with Crippen molar-refractivity contribution in [3.8, 4) is 5.75 Å². The van der Waals surface area contributed by atoms with Crippen molar-refractivity contribution < 1.29 is 9.53 Å². The van der Waals surface area contributed by atoms with Crippen LogP contribution in [-0.2, 0) is 4.79 Å². The Bertz CT molecular complexity index is 462. The molecule has 0 saturated carbocycles. The number of carbonyl (C=O) groups is 1. The molecular weight excluding hydrogens is 252 g/mol. The number of benzene rings is 1. The van der Waals surface area contributed by atoms with Crippen LogP contribution in [-0.4, -0.2) is 37.6 Å². The molecule has 4 heteroatoms. The number of likely N-dealkylation sites (tertiary alicyclic amines) is 1. The van der Waals surface area contributed by atoms with E-state index in [4.69, 9.17) is 4.74 Å². The quantitative estimate of drug-likeness (QED) is 0.897. The molecule has 1 aromatic carbocycles. The van der Waals surface area contributed by atoms with Gasteiger partial charge in [0.25, 0.3) is 0 Å². The first-order valence-corrected chi connectivity index (χ1v) is 7.28. The first kappa shape index (κ1) is 14.9. The smallest absolute Gasteiger partial charge is 0.222 e. The van der Waals surface area contributed by atoms with E-state index in [9.17, 15) is 4.79 Å². The fourth-order valence-corrected chi connectivity index (χ4v) is 2.81. The van der Waals surface area contributed by atoms with Gasteiger partial charge in [0.2, 0.25) is 5.91 Å². The largest absolute Gasteiger partial charge is 0.496 e. The lowest BCUT2D eigenvalue weighted by Crippen LogP contribution is -2.47. The number of nitrogens with one attached hydrogen (secondary N) is 1. The van der Waals surface area contributed by atoms with Gasteiger partial charge >= 0.3 is 0 Å². The van der Waals surface area contributed by atoms with Crippen LogP contribution in [0.5, 0.6) is 5.75 Å². The Hall–Kier alpha value is -1.55. The van der Waals surface area contributed by atoms with Gasteiger partial charge in [0, 0.05) is 37.7 Å². The number of para-hydroxylation sites is 1. The summed E-state index contributed by atoms with van der Waals surface area (Å²) in [6.07, 6.45) is 2.54. The topological polar surface area (TPSA) is 41.6 Å². The van der Waals surface area contributed by atoms with Gasteiger partial charge < -0.3 is 15.0 Å². The lowest BCUT2D eigenvalue weighted by molar-refractivity contribution is -0.132. The van der Waals surface area contributed by atoms with Crippen LogP contribution in [0.3, 0.4) is 0 Å². The average molecular weight is 276 g/mol. The maximum absolute atomic E-state index is 11.5. The van der Waals surface area contributed by atoms with Crippen molar-refractivity contribution in [2.24, 2.45) is 0 Å². The summed E-state index contributed by atoms with van der Waals surface area (Å²) in [7, 11) is 3.58. The second-order valence-electron chi connectivity index (χ2n) is 5.38. The number of methoxy groups -OCH3 is 1. The molecule has 1 aromatic rings. The summed E-state index contributed by atoms with van der Waals surface area (Å²) in [6.45, 7) is 2.95. The summed E-state index contributed by atoms with van der Waals surface area (Å²) >= 11 is 0. The first-order chi connectivity index (χ1) is 9.65. The fraction of sp³-hybridized carbons (Fsp3) is 0.562. The highest BCUT2D eigenvalue weighted by Crippen LogP contribution is 2.28. The molecule has 1 aliphatic rings. The number of ether oxygens (including phenoxy) is 1. The first-order valence-electron chi connectivity index (χ1n) is 7.28. The third kappa shape index (κ3) is 3.31. The number of piperidine rings is 1. The molecule has 2 unspecified atom stereocenters. The van der Waals surface area contributed by atoms with E-state index in [1.54, 1.807) is 7.11 Å². The van der Waals surface area contributed by atoms with Crippen molar-refractivity contribution in [2.75, 3.05) is 20.7 Å². The third-order valence-electron chi connectivity index (χ3n) is 3.99. The minimum atomic E-state index is 0.244. The van der Waals surface area contributed by atoms with E-state index in [0.717, 1.165) is 25.1 Å². The zero-order valence-corrected chi connectivity index (χ0v) is 12.6. The van der Waals surface area contributed by atoms with Gasteiger partial charge in [-0.25, -0.2) is 0 Å².